The van der Waals surface area contributed by atoms with Crippen molar-refractivity contribution >= 4 is 60.5 Å². The van der Waals surface area contributed by atoms with Gasteiger partial charge in [0.1, 0.15) is 21.5 Å². The maximum Gasteiger partial charge on any atom is 0.257 e. The molecule has 41 heavy (non-hydrogen) atoms. The van der Waals surface area contributed by atoms with Crippen molar-refractivity contribution < 1.29 is 24.1 Å². The molecule has 1 saturated carbocycles. The van der Waals surface area contributed by atoms with Crippen molar-refractivity contribution in [2.45, 2.75) is 55.4 Å². The van der Waals surface area contributed by atoms with Crippen LogP contribution in [0.1, 0.15) is 59.4 Å². The van der Waals surface area contributed by atoms with Gasteiger partial charge in [0.15, 0.2) is 5.72 Å². The largest absolute Gasteiger partial charge is 0.409 e. The summed E-state index contributed by atoms with van der Waals surface area (Å²) >= 11 is 12.2. The van der Waals surface area contributed by atoms with Gasteiger partial charge in [-0.05, 0) is 79.5 Å². The Kier molecular flexibility index (Phi) is 7.27. The molecule has 3 aromatic rings. The first kappa shape index (κ1) is 30.2. The van der Waals surface area contributed by atoms with Crippen molar-refractivity contribution in [3.63, 3.8) is 0 Å². The number of hydrogen-bond donors (Lipinski definition) is 2. The van der Waals surface area contributed by atoms with E-state index in [2.05, 4.69) is 4.98 Å². The number of amides is 1. The van der Waals surface area contributed by atoms with Crippen LogP contribution in [0, 0.1) is 11.2 Å². The maximum absolute atomic E-state index is 16.4. The number of benzene rings is 2. The molecule has 1 aliphatic heterocycles. The summed E-state index contributed by atoms with van der Waals surface area (Å²) in [6, 6.07) is 11.9. The van der Waals surface area contributed by atoms with Crippen LogP contribution in [0.15, 0.2) is 54.7 Å². The van der Waals surface area contributed by atoms with Crippen LogP contribution >= 0.6 is 23.2 Å². The summed E-state index contributed by atoms with van der Waals surface area (Å²) < 4.78 is 22.9. The molecule has 1 fully saturated rings. The molecule has 0 unspecified atom stereocenters. The van der Waals surface area contributed by atoms with Crippen molar-refractivity contribution in [2.24, 2.45) is 5.41 Å². The Morgan fingerprint density at radius 2 is 1.63 bits per heavy atom. The third kappa shape index (κ3) is 4.94. The summed E-state index contributed by atoms with van der Waals surface area (Å²) in [4.78, 5) is 19.8. The predicted molar refractivity (Wildman–Crippen MR) is 156 cm³/mol. The minimum Gasteiger partial charge on any atom is -0.409 e. The third-order valence-corrected chi connectivity index (χ3v) is 8.39. The first-order chi connectivity index (χ1) is 18.9. The van der Waals surface area contributed by atoms with Crippen LogP contribution in [0.2, 0.25) is 10.0 Å². The highest BCUT2D eigenvalue weighted by Crippen LogP contribution is 2.61. The molecule has 0 bridgehead atoms. The van der Waals surface area contributed by atoms with Gasteiger partial charge in [0.25, 0.3) is 5.91 Å². The lowest BCUT2D eigenvalue weighted by Gasteiger charge is -2.51. The number of aliphatic hydroxyl groups is 2. The van der Waals surface area contributed by atoms with Gasteiger partial charge >= 0.3 is 0 Å². The Morgan fingerprint density at radius 1 is 1.02 bits per heavy atom. The minimum atomic E-state index is -2.37. The molecule has 2 N–H and O–H groups in total. The summed E-state index contributed by atoms with van der Waals surface area (Å²) in [5.41, 5.74) is -4.67. The number of hydrogen-bond acceptors (Lipinski definition) is 5. The van der Waals surface area contributed by atoms with E-state index in [1.807, 2.05) is 0 Å². The van der Waals surface area contributed by atoms with Crippen LogP contribution < -0.4 is 0 Å². The van der Waals surface area contributed by atoms with Crippen LogP contribution in [-0.2, 0) is 22.6 Å². The number of aromatic nitrogens is 1. The van der Waals surface area contributed by atoms with Crippen molar-refractivity contribution in [2.75, 3.05) is 0 Å². The van der Waals surface area contributed by atoms with E-state index in [0.29, 0.717) is 15.7 Å². The molecule has 13 heteroatoms. The Bertz CT molecular complexity index is 1510. The molecule has 2 aliphatic rings. The van der Waals surface area contributed by atoms with E-state index in [1.165, 1.54) is 43.1 Å². The van der Waals surface area contributed by atoms with Gasteiger partial charge in [0, 0.05) is 22.2 Å². The summed E-state index contributed by atoms with van der Waals surface area (Å²) in [5.74, 6) is -1.53. The van der Waals surface area contributed by atoms with E-state index in [-0.39, 0.29) is 41.6 Å². The first-order valence-corrected chi connectivity index (χ1v) is 13.5. The highest BCUT2D eigenvalue weighted by atomic mass is 35.5. The van der Waals surface area contributed by atoms with Crippen molar-refractivity contribution in [3.05, 3.63) is 98.5 Å². The highest BCUT2D eigenvalue weighted by molar-refractivity contribution is 6.45. The van der Waals surface area contributed by atoms with Gasteiger partial charge < -0.3 is 14.9 Å². The number of fused-ring (bicyclic) bond motifs is 1. The Morgan fingerprint density at radius 3 is 2.15 bits per heavy atom. The molecular weight excluding hydrogens is 561 g/mol. The second-order valence-corrected chi connectivity index (χ2v) is 12.1. The molecule has 5 rings (SSSR count). The topological polar surface area (TPSA) is 82.9 Å². The van der Waals surface area contributed by atoms with Gasteiger partial charge in [-0.2, -0.15) is 0 Å². The predicted octanol–water partition coefficient (Wildman–Crippen LogP) is 3.38. The quantitative estimate of drug-likeness (QED) is 0.397. The van der Waals surface area contributed by atoms with Gasteiger partial charge in [0.2, 0.25) is 0 Å². The average Bonchev–Trinajstić information content (AvgIpc) is 3.66. The third-order valence-electron chi connectivity index (χ3n) is 7.92. The number of pyridine rings is 1. The Balaban J connectivity index is 1.81. The fraction of sp³-hybridized carbons (Fsp3) is 0.357. The molecule has 1 atom stereocenters. The van der Waals surface area contributed by atoms with Crippen LogP contribution in [0.4, 0.5) is 4.39 Å². The van der Waals surface area contributed by atoms with Crippen molar-refractivity contribution in [1.29, 1.82) is 0 Å². The van der Waals surface area contributed by atoms with Gasteiger partial charge in [-0.1, -0.05) is 35.3 Å². The molecule has 2 heterocycles. The first-order valence-electron chi connectivity index (χ1n) is 12.8. The van der Waals surface area contributed by atoms with Crippen molar-refractivity contribution in [3.8, 4) is 0 Å². The zero-order valence-corrected chi connectivity index (χ0v) is 23.9. The van der Waals surface area contributed by atoms with E-state index in [9.17, 15) is 15.0 Å². The van der Waals surface area contributed by atoms with E-state index >= 15 is 4.39 Å². The maximum atomic E-state index is 16.4. The molecule has 202 valence electrons. The van der Waals surface area contributed by atoms with Crippen LogP contribution in [-0.4, -0.2) is 68.2 Å². The summed E-state index contributed by atoms with van der Waals surface area (Å²) in [5, 5.41) is 17.4. The molecule has 0 saturated heterocycles. The molecule has 0 spiro atoms. The Hall–Kier alpha value is -2.29. The highest BCUT2D eigenvalue weighted by Gasteiger charge is 2.65. The second kappa shape index (κ2) is 9.88. The fourth-order valence-corrected chi connectivity index (χ4v) is 5.69. The van der Waals surface area contributed by atoms with Gasteiger partial charge in [-0.25, -0.2) is 4.39 Å². The van der Waals surface area contributed by atoms with E-state index in [0.717, 1.165) is 6.07 Å². The lowest BCUT2D eigenvalue weighted by atomic mass is 9.43. The van der Waals surface area contributed by atoms with E-state index < -0.39 is 39.3 Å². The van der Waals surface area contributed by atoms with E-state index in [4.69, 9.17) is 59.3 Å². The number of rotatable bonds is 8. The number of nitrogens with zero attached hydrogens (tertiary/aromatic N) is 2. The zero-order valence-electron chi connectivity index (χ0n) is 22.4. The zero-order chi connectivity index (χ0) is 30.2. The monoisotopic (exact) mass is 584 g/mol. The molecule has 1 aliphatic carbocycles. The number of halogens is 3. The van der Waals surface area contributed by atoms with Gasteiger partial charge in [-0.15, -0.1) is 0 Å². The fourth-order valence-electron chi connectivity index (χ4n) is 5.45. The van der Waals surface area contributed by atoms with Gasteiger partial charge in [0.05, 0.1) is 49.7 Å². The van der Waals surface area contributed by atoms with Crippen molar-refractivity contribution in [1.82, 2.24) is 9.88 Å². The smallest absolute Gasteiger partial charge is 0.257 e. The molecule has 8 radical (unpaired) electrons. The second-order valence-electron chi connectivity index (χ2n) is 11.3. The number of carbonyl (C=O) groups excluding carboxylic acids is 1. The summed E-state index contributed by atoms with van der Waals surface area (Å²) in [6.07, 6.45) is 1.79. The Labute approximate surface area is 253 Å². The number of ether oxygens (including phenoxy) is 1. The molecule has 1 amide bonds. The van der Waals surface area contributed by atoms with Crippen LogP contribution in [0.3, 0.4) is 0 Å². The lowest BCUT2D eigenvalue weighted by Crippen LogP contribution is -2.62. The summed E-state index contributed by atoms with van der Waals surface area (Å²) in [7, 11) is 25.0. The SMILES string of the molecule is [B]C([B])(O)C1(C([B])([B])O[C@]2(c3ccc(Cl)cc3)c3c(F)cc(C(C)(C)O)cc3C(=O)N2Cc2ccc(Cl)cn2)CC1. The van der Waals surface area contributed by atoms with Gasteiger partial charge in [-0.3, -0.25) is 14.7 Å². The van der Waals surface area contributed by atoms with Crippen LogP contribution in [0.25, 0.3) is 0 Å². The minimum absolute atomic E-state index is 0.0950. The standard InChI is InChI=1S/C28H23B4Cl2FN2O4/c1-24(2,39)16-11-20-22(21(35)12-16)26(15-3-5-17(33)6-4-15,41-28(31,32)25(9-10-25)27(29,30)40)37(23(20)38)14-19-8-7-18(34)13-36-19/h3-8,11-13,39-40H,9-10,14H2,1-2H3/t26-/m1/s1. The lowest BCUT2D eigenvalue weighted by molar-refractivity contribution is -0.169. The summed E-state index contributed by atoms with van der Waals surface area (Å²) in [6.45, 7) is 2.73. The molecule has 2 aromatic carbocycles. The van der Waals surface area contributed by atoms with Crippen LogP contribution in [0.5, 0.6) is 0 Å². The molecular formula is C28H23B4Cl2FN2O4. The van der Waals surface area contributed by atoms with E-state index in [1.54, 1.807) is 24.3 Å². The average molecular weight is 585 g/mol. The number of carbonyl (C=O) groups is 1. The molecule has 1 aromatic heterocycles. The molecule has 6 nitrogen and oxygen atoms in total. The normalized spacial score (nSPS) is 20.3.